The topological polar surface area (TPSA) is 469 Å². The number of aliphatic hydroxyl groups excluding tert-OH is 1. The summed E-state index contributed by atoms with van der Waals surface area (Å²) in [6.07, 6.45) is -1.59. The maximum Gasteiger partial charge on any atom is 0.326 e. The number of carboxylic acids is 2. The Morgan fingerprint density at radius 1 is 0.620 bits per heavy atom. The number of carboxylic acid groups (broad SMARTS) is 2. The van der Waals surface area contributed by atoms with Gasteiger partial charge in [0.1, 0.15) is 48.3 Å². The summed E-state index contributed by atoms with van der Waals surface area (Å²) in [6.45, 7) is 5.36. The Bertz CT molecular complexity index is 1870. The Labute approximate surface area is 411 Å². The largest absolute Gasteiger partial charge is 0.481 e. The van der Waals surface area contributed by atoms with Crippen molar-refractivity contribution < 1.29 is 72.9 Å². The maximum atomic E-state index is 13.9. The average molecular weight is 1010 g/mol. The fourth-order valence-corrected chi connectivity index (χ4v) is 7.25. The van der Waals surface area contributed by atoms with E-state index in [1.807, 2.05) is 0 Å². The number of carbonyl (C=O) groups excluding carboxylic acids is 10. The number of aliphatic hydroxyl groups is 1. The van der Waals surface area contributed by atoms with Crippen LogP contribution in [-0.2, 0) is 57.5 Å². The predicted molar refractivity (Wildman–Crippen MR) is 251 cm³/mol. The lowest BCUT2D eigenvalue weighted by Gasteiger charge is -2.29. The lowest BCUT2D eigenvalue weighted by Crippen LogP contribution is -2.62. The third-order valence-corrected chi connectivity index (χ3v) is 11.6. The van der Waals surface area contributed by atoms with E-state index in [-0.39, 0.29) is 45.3 Å². The van der Waals surface area contributed by atoms with Crippen LogP contribution in [0.5, 0.6) is 0 Å². The Kier molecular flexibility index (Phi) is 28.5. The highest BCUT2D eigenvalue weighted by Gasteiger charge is 2.37. The van der Waals surface area contributed by atoms with Crippen LogP contribution in [0.25, 0.3) is 0 Å². The normalized spacial score (nSPS) is 17.0. The number of aliphatic carboxylic acids is 2. The molecule has 1 aliphatic rings. The quantitative estimate of drug-likeness (QED) is 0.0267. The highest BCUT2D eigenvalue weighted by atomic mass is 16.4. The van der Waals surface area contributed by atoms with Gasteiger partial charge in [0, 0.05) is 13.0 Å². The average Bonchev–Trinajstić information content (AvgIpc) is 3.82. The van der Waals surface area contributed by atoms with E-state index in [1.165, 1.54) is 6.92 Å². The van der Waals surface area contributed by atoms with Crippen molar-refractivity contribution in [2.75, 3.05) is 32.7 Å². The van der Waals surface area contributed by atoms with Crippen LogP contribution in [0.4, 0.5) is 0 Å². The van der Waals surface area contributed by atoms with Gasteiger partial charge in [0.05, 0.1) is 25.6 Å². The highest BCUT2D eigenvalue weighted by Crippen LogP contribution is 2.17. The van der Waals surface area contributed by atoms with Gasteiger partial charge in [0.2, 0.25) is 59.1 Å². The number of hydrogen-bond acceptors (Lipinski definition) is 16. The van der Waals surface area contributed by atoms with Gasteiger partial charge < -0.3 is 85.7 Å². The van der Waals surface area contributed by atoms with Gasteiger partial charge >= 0.3 is 11.9 Å². The van der Waals surface area contributed by atoms with Crippen molar-refractivity contribution >= 4 is 71.0 Å². The van der Waals surface area contributed by atoms with Crippen LogP contribution in [0.1, 0.15) is 105 Å². The second kappa shape index (κ2) is 32.4. The molecule has 1 fully saturated rings. The molecule has 0 radical (unpaired) electrons. The summed E-state index contributed by atoms with van der Waals surface area (Å²) in [5, 5.41) is 48.8. The van der Waals surface area contributed by atoms with E-state index in [0.29, 0.717) is 32.1 Å². The molecule has 0 aromatic heterocycles. The third-order valence-electron chi connectivity index (χ3n) is 11.6. The zero-order valence-corrected chi connectivity index (χ0v) is 40.8. The number of hydrogen-bond donors (Lipinski definition) is 15. The van der Waals surface area contributed by atoms with Crippen LogP contribution in [0.15, 0.2) is 0 Å². The lowest BCUT2D eigenvalue weighted by atomic mass is 9.97. The Morgan fingerprint density at radius 2 is 1.11 bits per heavy atom. The van der Waals surface area contributed by atoms with Gasteiger partial charge in [-0.3, -0.25) is 52.7 Å². The SMILES string of the molecule is CC[C@H](C)[C@H](NC(=O)[C@H](C)NC(=O)CN)C(=O)N[C@@H](CC(N)=O)C(=O)N[C@@H](CCC(=O)O)C(=O)N[C@@H](CCCCN)C(=O)N[C@H](C(=O)N[C@@H](CCCCN)C(=O)NCC(=O)N1CCC[C@H]1C(=O)O)[C@@H](C)O. The molecule has 19 N–H and O–H groups in total. The second-order valence-corrected chi connectivity index (χ2v) is 17.3. The first-order valence-corrected chi connectivity index (χ1v) is 23.6. The Hall–Kier alpha value is -6.52. The van der Waals surface area contributed by atoms with Crippen LogP contribution in [0.2, 0.25) is 0 Å². The molecule has 28 nitrogen and oxygen atoms in total. The number of nitrogens with one attached hydrogen (secondary N) is 8. The van der Waals surface area contributed by atoms with Crippen molar-refractivity contribution in [2.45, 2.75) is 159 Å². The summed E-state index contributed by atoms with van der Waals surface area (Å²) in [6, 6.07) is -11.7. The van der Waals surface area contributed by atoms with Crippen molar-refractivity contribution in [3.63, 3.8) is 0 Å². The van der Waals surface area contributed by atoms with Crippen molar-refractivity contribution in [3.05, 3.63) is 0 Å². The van der Waals surface area contributed by atoms with Crippen molar-refractivity contribution in [3.8, 4) is 0 Å². The van der Waals surface area contributed by atoms with Gasteiger partial charge in [-0.15, -0.1) is 0 Å². The molecular formula is C43H75N13O15. The number of primary amides is 1. The smallest absolute Gasteiger partial charge is 0.326 e. The van der Waals surface area contributed by atoms with Crippen LogP contribution in [0, 0.1) is 5.92 Å². The van der Waals surface area contributed by atoms with Gasteiger partial charge in [-0.1, -0.05) is 20.3 Å². The third kappa shape index (κ3) is 22.4. The first kappa shape index (κ1) is 62.5. The molecule has 1 heterocycles. The molecule has 71 heavy (non-hydrogen) atoms. The molecular weight excluding hydrogens is 939 g/mol. The summed E-state index contributed by atoms with van der Waals surface area (Å²) in [5.74, 6) is -12.5. The van der Waals surface area contributed by atoms with E-state index in [2.05, 4.69) is 42.5 Å². The van der Waals surface area contributed by atoms with E-state index >= 15 is 0 Å². The van der Waals surface area contributed by atoms with E-state index in [4.69, 9.17) is 22.9 Å². The fourth-order valence-electron chi connectivity index (χ4n) is 7.25. The summed E-state index contributed by atoms with van der Waals surface area (Å²) in [4.78, 5) is 156. The summed E-state index contributed by atoms with van der Waals surface area (Å²) in [7, 11) is 0. The minimum Gasteiger partial charge on any atom is -0.481 e. The number of carbonyl (C=O) groups is 12. The molecule has 0 aliphatic carbocycles. The summed E-state index contributed by atoms with van der Waals surface area (Å²) < 4.78 is 0. The van der Waals surface area contributed by atoms with Crippen molar-refractivity contribution in [1.82, 2.24) is 47.4 Å². The second-order valence-electron chi connectivity index (χ2n) is 17.3. The van der Waals surface area contributed by atoms with Gasteiger partial charge in [0.25, 0.3) is 0 Å². The molecule has 10 amide bonds. The number of nitrogens with two attached hydrogens (primary N) is 4. The number of likely N-dealkylation sites (tertiary alicyclic amines) is 1. The Morgan fingerprint density at radius 3 is 1.62 bits per heavy atom. The van der Waals surface area contributed by atoms with Crippen LogP contribution < -0.4 is 65.5 Å². The highest BCUT2D eigenvalue weighted by molar-refractivity contribution is 5.99. The monoisotopic (exact) mass is 1010 g/mol. The first-order valence-electron chi connectivity index (χ1n) is 23.6. The van der Waals surface area contributed by atoms with E-state index in [1.54, 1.807) is 13.8 Å². The molecule has 1 aliphatic heterocycles. The van der Waals surface area contributed by atoms with Crippen LogP contribution in [-0.4, -0.2) is 178 Å². The van der Waals surface area contributed by atoms with Crippen molar-refractivity contribution in [1.29, 1.82) is 0 Å². The van der Waals surface area contributed by atoms with Gasteiger partial charge in [-0.25, -0.2) is 4.79 Å². The molecule has 28 heteroatoms. The van der Waals surface area contributed by atoms with Gasteiger partial charge in [-0.05, 0) is 90.6 Å². The number of amides is 10. The number of unbranched alkanes of at least 4 members (excludes halogenated alkanes) is 2. The standard InChI is InChI=1S/C43H75N13O15/c1-5-22(2)34(54-36(63)23(3)49-31(59)20-46)41(68)53-28(19-30(47)58)40(67)51-27(14-15-33(61)62)38(65)50-26(12-7-9-17-45)39(66)55-35(24(4)57)42(69)52-25(11-6-8-16-44)37(64)48-21-32(60)56-18-10-13-29(56)43(70)71/h22-29,34-35,57H,5-21,44-46H2,1-4H3,(H2,47,58)(H,48,64)(H,49,59)(H,50,65)(H,51,67)(H,52,69)(H,53,68)(H,54,63)(H,55,66)(H,61,62)(H,70,71)/t22-,23-,24+,25-,26-,27-,28-,29-,34-,35-/m0/s1. The van der Waals surface area contributed by atoms with Crippen LogP contribution in [0.3, 0.4) is 0 Å². The molecule has 0 unspecified atom stereocenters. The van der Waals surface area contributed by atoms with Gasteiger partial charge in [-0.2, -0.15) is 0 Å². The minimum absolute atomic E-state index is 0.000895. The fraction of sp³-hybridized carbons (Fsp3) is 0.721. The van der Waals surface area contributed by atoms with E-state index < -0.39 is 164 Å². The summed E-state index contributed by atoms with van der Waals surface area (Å²) in [5.41, 5.74) is 22.0. The molecule has 10 atom stereocenters. The zero-order valence-electron chi connectivity index (χ0n) is 40.8. The minimum atomic E-state index is -1.79. The first-order chi connectivity index (χ1) is 33.4. The lowest BCUT2D eigenvalue weighted by molar-refractivity contribution is -0.148. The molecule has 0 aromatic carbocycles. The zero-order chi connectivity index (χ0) is 54.0. The van der Waals surface area contributed by atoms with Gasteiger partial charge in [0.15, 0.2) is 0 Å². The summed E-state index contributed by atoms with van der Waals surface area (Å²) >= 11 is 0. The van der Waals surface area contributed by atoms with E-state index in [9.17, 15) is 72.9 Å². The molecule has 0 bridgehead atoms. The molecule has 0 saturated carbocycles. The number of nitrogens with zero attached hydrogens (tertiary/aromatic N) is 1. The predicted octanol–water partition coefficient (Wildman–Crippen LogP) is -6.02. The molecule has 402 valence electrons. The maximum absolute atomic E-state index is 13.9. The number of rotatable bonds is 34. The van der Waals surface area contributed by atoms with Crippen molar-refractivity contribution in [2.24, 2.45) is 28.9 Å². The Balaban J connectivity index is 3.39. The molecule has 0 spiro atoms. The molecule has 1 rings (SSSR count). The van der Waals surface area contributed by atoms with Crippen LogP contribution >= 0.6 is 0 Å². The molecule has 0 aromatic rings. The van der Waals surface area contributed by atoms with E-state index in [0.717, 1.165) is 11.8 Å². The molecule has 1 saturated heterocycles.